The van der Waals surface area contributed by atoms with Crippen molar-refractivity contribution in [3.05, 3.63) is 0 Å². The van der Waals surface area contributed by atoms with Crippen LogP contribution >= 0.6 is 0 Å². The van der Waals surface area contributed by atoms with Gasteiger partial charge in [0, 0.05) is 24.0 Å². The molecule has 3 unspecified atom stereocenters. The fourth-order valence-electron chi connectivity index (χ4n) is 4.75. The Morgan fingerprint density at radius 1 is 1.30 bits per heavy atom. The van der Waals surface area contributed by atoms with Crippen molar-refractivity contribution in [1.82, 2.24) is 5.32 Å². The van der Waals surface area contributed by atoms with E-state index in [1.165, 1.54) is 25.7 Å². The maximum Gasteiger partial charge on any atom is 0.241 e. The van der Waals surface area contributed by atoms with Crippen LogP contribution in [-0.4, -0.2) is 30.2 Å². The van der Waals surface area contributed by atoms with E-state index in [1.54, 1.807) is 0 Å². The molecular weight excluding hydrogens is 252 g/mol. The van der Waals surface area contributed by atoms with Gasteiger partial charge < -0.3 is 15.8 Å². The molecule has 0 aromatic carbocycles. The second-order valence-corrected chi connectivity index (χ2v) is 7.58. The predicted octanol–water partition coefficient (Wildman–Crippen LogP) is 1.82. The van der Waals surface area contributed by atoms with E-state index in [-0.39, 0.29) is 29.4 Å². The molecule has 4 nitrogen and oxygen atoms in total. The van der Waals surface area contributed by atoms with Crippen LogP contribution in [0.3, 0.4) is 0 Å². The third-order valence-electron chi connectivity index (χ3n) is 6.30. The molecule has 114 valence electrons. The van der Waals surface area contributed by atoms with Gasteiger partial charge in [-0.1, -0.05) is 26.7 Å². The molecule has 1 saturated heterocycles. The lowest BCUT2D eigenvalue weighted by Gasteiger charge is -2.60. The molecule has 3 aliphatic rings. The highest BCUT2D eigenvalue weighted by Crippen LogP contribution is 2.58. The van der Waals surface area contributed by atoms with E-state index >= 15 is 0 Å². The number of hydrogen-bond donors (Lipinski definition) is 2. The zero-order chi connectivity index (χ0) is 14.5. The summed E-state index contributed by atoms with van der Waals surface area (Å²) in [6.45, 7) is 7.01. The highest BCUT2D eigenvalue weighted by atomic mass is 16.5. The first-order chi connectivity index (χ1) is 9.39. The molecule has 0 aromatic rings. The fraction of sp³-hybridized carbons (Fsp3) is 0.938. The number of amides is 1. The zero-order valence-corrected chi connectivity index (χ0v) is 12.9. The summed E-state index contributed by atoms with van der Waals surface area (Å²) in [7, 11) is 0. The van der Waals surface area contributed by atoms with Crippen LogP contribution in [0.4, 0.5) is 0 Å². The van der Waals surface area contributed by atoms with E-state index in [9.17, 15) is 4.79 Å². The van der Waals surface area contributed by atoms with Crippen LogP contribution in [0.1, 0.15) is 52.9 Å². The van der Waals surface area contributed by atoms with E-state index in [0.29, 0.717) is 5.92 Å². The van der Waals surface area contributed by atoms with E-state index in [0.717, 1.165) is 13.0 Å². The molecule has 2 saturated carbocycles. The lowest BCUT2D eigenvalue weighted by Crippen LogP contribution is -2.80. The average Bonchev–Trinajstić information content (AvgIpc) is 3.07. The van der Waals surface area contributed by atoms with Gasteiger partial charge in [0.05, 0.1) is 6.10 Å². The van der Waals surface area contributed by atoms with Gasteiger partial charge in [-0.15, -0.1) is 0 Å². The molecular formula is C16H28N2O2. The van der Waals surface area contributed by atoms with Crippen molar-refractivity contribution in [2.75, 3.05) is 6.61 Å². The summed E-state index contributed by atoms with van der Waals surface area (Å²) >= 11 is 0. The molecule has 0 radical (unpaired) electrons. The minimum Gasteiger partial charge on any atom is -0.377 e. The standard InChI is InChI=1S/C16H28N2O2/c1-10(11-6-4-5-7-11)18-14(19)16(17)12-8-9-20-13(12)15(16,2)3/h10-13H,4-9,17H2,1-3H3,(H,18,19)/t10-,12?,13?,16?/m1/s1. The Balaban J connectivity index is 1.69. The Morgan fingerprint density at radius 3 is 2.60 bits per heavy atom. The first kappa shape index (κ1) is 14.3. The minimum atomic E-state index is -0.763. The molecule has 3 rings (SSSR count). The fourth-order valence-corrected chi connectivity index (χ4v) is 4.75. The van der Waals surface area contributed by atoms with Crippen molar-refractivity contribution in [1.29, 1.82) is 0 Å². The Hall–Kier alpha value is -0.610. The molecule has 0 bridgehead atoms. The maximum absolute atomic E-state index is 12.8. The second-order valence-electron chi connectivity index (χ2n) is 7.58. The first-order valence-electron chi connectivity index (χ1n) is 8.10. The molecule has 1 aliphatic heterocycles. The molecule has 1 amide bonds. The summed E-state index contributed by atoms with van der Waals surface area (Å²) in [5, 5.41) is 3.21. The monoisotopic (exact) mass is 280 g/mol. The van der Waals surface area contributed by atoms with E-state index in [4.69, 9.17) is 10.5 Å². The zero-order valence-electron chi connectivity index (χ0n) is 12.9. The van der Waals surface area contributed by atoms with Gasteiger partial charge in [0.25, 0.3) is 0 Å². The van der Waals surface area contributed by atoms with Crippen molar-refractivity contribution < 1.29 is 9.53 Å². The molecule has 1 heterocycles. The largest absolute Gasteiger partial charge is 0.377 e. The van der Waals surface area contributed by atoms with Gasteiger partial charge in [0.2, 0.25) is 5.91 Å². The van der Waals surface area contributed by atoms with Crippen LogP contribution in [0.25, 0.3) is 0 Å². The number of rotatable bonds is 3. The molecule has 2 aliphatic carbocycles. The van der Waals surface area contributed by atoms with E-state index < -0.39 is 5.54 Å². The van der Waals surface area contributed by atoms with Crippen molar-refractivity contribution in [2.45, 2.75) is 70.6 Å². The van der Waals surface area contributed by atoms with Crippen molar-refractivity contribution in [3.8, 4) is 0 Å². The summed E-state index contributed by atoms with van der Waals surface area (Å²) in [6.07, 6.45) is 6.12. The van der Waals surface area contributed by atoms with Gasteiger partial charge in [-0.2, -0.15) is 0 Å². The number of fused-ring (bicyclic) bond motifs is 1. The normalized spacial score (nSPS) is 41.0. The highest BCUT2D eigenvalue weighted by molar-refractivity contribution is 5.89. The molecule has 4 atom stereocenters. The van der Waals surface area contributed by atoms with Crippen LogP contribution in [0, 0.1) is 17.3 Å². The highest BCUT2D eigenvalue weighted by Gasteiger charge is 2.71. The third kappa shape index (κ3) is 1.77. The maximum atomic E-state index is 12.8. The molecule has 3 N–H and O–H groups in total. The number of hydrogen-bond acceptors (Lipinski definition) is 3. The number of nitrogens with one attached hydrogen (secondary N) is 1. The van der Waals surface area contributed by atoms with Crippen molar-refractivity contribution >= 4 is 5.91 Å². The third-order valence-corrected chi connectivity index (χ3v) is 6.30. The minimum absolute atomic E-state index is 0.0358. The molecule has 4 heteroatoms. The lowest BCUT2D eigenvalue weighted by atomic mass is 9.48. The van der Waals surface area contributed by atoms with Gasteiger partial charge >= 0.3 is 0 Å². The SMILES string of the molecule is C[C@@H](NC(=O)C1(N)C2CCOC2C1(C)C)C1CCCC1. The van der Waals surface area contributed by atoms with Gasteiger partial charge in [-0.3, -0.25) is 4.79 Å². The smallest absolute Gasteiger partial charge is 0.241 e. The molecule has 20 heavy (non-hydrogen) atoms. The Morgan fingerprint density at radius 2 is 1.95 bits per heavy atom. The summed E-state index contributed by atoms with van der Waals surface area (Å²) in [6, 6.07) is 0.239. The van der Waals surface area contributed by atoms with Crippen molar-refractivity contribution in [3.63, 3.8) is 0 Å². The van der Waals surface area contributed by atoms with Crippen molar-refractivity contribution in [2.24, 2.45) is 23.0 Å². The van der Waals surface area contributed by atoms with Gasteiger partial charge in [0.1, 0.15) is 5.54 Å². The summed E-state index contributed by atoms with van der Waals surface area (Å²) in [4.78, 5) is 12.8. The Labute approximate surface area is 121 Å². The average molecular weight is 280 g/mol. The van der Waals surface area contributed by atoms with E-state index in [2.05, 4.69) is 26.1 Å². The van der Waals surface area contributed by atoms with E-state index in [1.807, 2.05) is 0 Å². The Kier molecular flexibility index (Phi) is 3.37. The quantitative estimate of drug-likeness (QED) is 0.829. The van der Waals surface area contributed by atoms with Gasteiger partial charge in [-0.25, -0.2) is 0 Å². The molecule has 3 fully saturated rings. The summed E-state index contributed by atoms with van der Waals surface area (Å²) in [5.41, 5.74) is 5.53. The number of carbonyl (C=O) groups excluding carboxylic acids is 1. The molecule has 0 aromatic heterocycles. The van der Waals surface area contributed by atoms with Gasteiger partial charge in [-0.05, 0) is 32.1 Å². The Bertz CT molecular complexity index is 403. The lowest BCUT2D eigenvalue weighted by molar-refractivity contribution is -0.176. The van der Waals surface area contributed by atoms with Crippen LogP contribution < -0.4 is 11.1 Å². The summed E-state index contributed by atoms with van der Waals surface area (Å²) in [5.74, 6) is 0.850. The predicted molar refractivity (Wildman–Crippen MR) is 78.1 cm³/mol. The van der Waals surface area contributed by atoms with Crippen LogP contribution in [0.15, 0.2) is 0 Å². The second kappa shape index (κ2) is 4.70. The van der Waals surface area contributed by atoms with Crippen LogP contribution in [0.2, 0.25) is 0 Å². The number of ether oxygens (including phenoxy) is 1. The topological polar surface area (TPSA) is 64.4 Å². The van der Waals surface area contributed by atoms with Crippen LogP contribution in [-0.2, 0) is 9.53 Å². The van der Waals surface area contributed by atoms with Crippen LogP contribution in [0.5, 0.6) is 0 Å². The number of nitrogens with two attached hydrogens (primary N) is 1. The first-order valence-corrected chi connectivity index (χ1v) is 8.10. The summed E-state index contributed by atoms with van der Waals surface area (Å²) < 4.78 is 5.76. The molecule has 0 spiro atoms. The number of carbonyl (C=O) groups is 1. The van der Waals surface area contributed by atoms with Gasteiger partial charge in [0.15, 0.2) is 0 Å².